The van der Waals surface area contributed by atoms with Crippen LogP contribution in [0.15, 0.2) is 54.6 Å². The van der Waals surface area contributed by atoms with Crippen molar-refractivity contribution in [3.8, 4) is 5.75 Å². The first kappa shape index (κ1) is 15.2. The zero-order chi connectivity index (χ0) is 16.4. The van der Waals surface area contributed by atoms with Crippen LogP contribution in [0.2, 0.25) is 0 Å². The highest BCUT2D eigenvalue weighted by Gasteiger charge is 2.16. The Bertz CT molecular complexity index is 837. The fourth-order valence-electron chi connectivity index (χ4n) is 2.77. The van der Waals surface area contributed by atoms with Crippen LogP contribution in [0.3, 0.4) is 0 Å². The van der Waals surface area contributed by atoms with Crippen molar-refractivity contribution in [1.82, 2.24) is 9.88 Å². The predicted molar refractivity (Wildman–Crippen MR) is 91.8 cm³/mol. The van der Waals surface area contributed by atoms with Crippen LogP contribution in [0.1, 0.15) is 29.0 Å². The summed E-state index contributed by atoms with van der Waals surface area (Å²) in [6.07, 6.45) is 0. The van der Waals surface area contributed by atoms with Crippen molar-refractivity contribution < 1.29 is 9.53 Å². The van der Waals surface area contributed by atoms with Crippen molar-refractivity contribution in [3.05, 3.63) is 65.9 Å². The molecule has 3 rings (SSSR count). The second kappa shape index (κ2) is 6.16. The van der Waals surface area contributed by atoms with Crippen molar-refractivity contribution in [2.24, 2.45) is 7.05 Å². The van der Waals surface area contributed by atoms with Crippen molar-refractivity contribution in [2.45, 2.75) is 13.0 Å². The van der Waals surface area contributed by atoms with Gasteiger partial charge in [-0.2, -0.15) is 0 Å². The van der Waals surface area contributed by atoms with Gasteiger partial charge in [0.05, 0.1) is 13.2 Å². The van der Waals surface area contributed by atoms with Crippen LogP contribution in [0.25, 0.3) is 10.9 Å². The molecule has 0 aliphatic rings. The standard InChI is InChI=1S/C19H20N2O2/c1-13(14-7-5-4-6-8-14)20-19(22)18-12-15-11-16(23-3)9-10-17(15)21(18)2/h4-13H,1-3H3,(H,20,22)/t13-/m0/s1. The van der Waals surface area contributed by atoms with E-state index in [-0.39, 0.29) is 11.9 Å². The minimum absolute atomic E-state index is 0.0451. The molecule has 118 valence electrons. The van der Waals surface area contributed by atoms with E-state index < -0.39 is 0 Å². The summed E-state index contributed by atoms with van der Waals surface area (Å²) in [5, 5.41) is 4.04. The van der Waals surface area contributed by atoms with Crippen LogP contribution < -0.4 is 10.1 Å². The van der Waals surface area contributed by atoms with Gasteiger partial charge in [-0.3, -0.25) is 4.79 Å². The van der Waals surface area contributed by atoms with E-state index in [0.29, 0.717) is 5.69 Å². The number of hydrogen-bond acceptors (Lipinski definition) is 2. The lowest BCUT2D eigenvalue weighted by molar-refractivity contribution is 0.0932. The molecule has 0 aliphatic heterocycles. The number of nitrogens with zero attached hydrogens (tertiary/aromatic N) is 1. The van der Waals surface area contributed by atoms with Gasteiger partial charge in [0.15, 0.2) is 0 Å². The van der Waals surface area contributed by atoms with Crippen molar-refractivity contribution in [1.29, 1.82) is 0 Å². The second-order valence-electron chi connectivity index (χ2n) is 5.62. The van der Waals surface area contributed by atoms with Gasteiger partial charge in [-0.05, 0) is 36.8 Å². The molecular weight excluding hydrogens is 288 g/mol. The third-order valence-electron chi connectivity index (χ3n) is 4.13. The normalized spacial score (nSPS) is 12.1. The molecule has 0 aliphatic carbocycles. The van der Waals surface area contributed by atoms with Gasteiger partial charge in [0.25, 0.3) is 5.91 Å². The summed E-state index contributed by atoms with van der Waals surface area (Å²) in [7, 11) is 3.54. The molecule has 23 heavy (non-hydrogen) atoms. The van der Waals surface area contributed by atoms with Crippen molar-refractivity contribution >= 4 is 16.8 Å². The van der Waals surface area contributed by atoms with Gasteiger partial charge in [-0.1, -0.05) is 30.3 Å². The number of carbonyl (C=O) groups is 1. The Kier molecular flexibility index (Phi) is 4.06. The minimum atomic E-state index is -0.0842. The van der Waals surface area contributed by atoms with E-state index in [2.05, 4.69) is 5.32 Å². The Morgan fingerprint density at radius 3 is 2.57 bits per heavy atom. The number of rotatable bonds is 4. The number of aryl methyl sites for hydroxylation is 1. The molecule has 4 nitrogen and oxygen atoms in total. The summed E-state index contributed by atoms with van der Waals surface area (Å²) in [6.45, 7) is 1.99. The quantitative estimate of drug-likeness (QED) is 0.799. The largest absolute Gasteiger partial charge is 0.497 e. The Balaban J connectivity index is 1.87. The molecule has 0 saturated carbocycles. The van der Waals surface area contributed by atoms with E-state index in [0.717, 1.165) is 22.2 Å². The molecule has 1 atom stereocenters. The minimum Gasteiger partial charge on any atom is -0.497 e. The fraction of sp³-hybridized carbons (Fsp3) is 0.211. The Hall–Kier alpha value is -2.75. The van der Waals surface area contributed by atoms with E-state index >= 15 is 0 Å². The molecule has 4 heteroatoms. The molecule has 0 radical (unpaired) electrons. The molecule has 1 N–H and O–H groups in total. The van der Waals surface area contributed by atoms with Gasteiger partial charge >= 0.3 is 0 Å². The summed E-state index contributed by atoms with van der Waals surface area (Å²) < 4.78 is 7.15. The molecule has 0 fully saturated rings. The third kappa shape index (κ3) is 2.93. The summed E-state index contributed by atoms with van der Waals surface area (Å²) >= 11 is 0. The van der Waals surface area contributed by atoms with E-state index in [1.54, 1.807) is 7.11 Å². The van der Waals surface area contributed by atoms with E-state index in [4.69, 9.17) is 4.74 Å². The highest BCUT2D eigenvalue weighted by atomic mass is 16.5. The molecule has 0 bridgehead atoms. The number of hydrogen-bond donors (Lipinski definition) is 1. The predicted octanol–water partition coefficient (Wildman–Crippen LogP) is 3.68. The maximum Gasteiger partial charge on any atom is 0.268 e. The molecule has 0 saturated heterocycles. The molecule has 1 amide bonds. The lowest BCUT2D eigenvalue weighted by atomic mass is 10.1. The zero-order valence-electron chi connectivity index (χ0n) is 13.5. The summed E-state index contributed by atoms with van der Waals surface area (Å²) in [5.41, 5.74) is 2.72. The number of amides is 1. The molecule has 3 aromatic rings. The molecule has 1 aromatic heterocycles. The van der Waals surface area contributed by atoms with Crippen LogP contribution in [-0.2, 0) is 7.05 Å². The van der Waals surface area contributed by atoms with Crippen LogP contribution in [0.5, 0.6) is 5.75 Å². The van der Waals surface area contributed by atoms with Gasteiger partial charge in [0.2, 0.25) is 0 Å². The number of aromatic nitrogens is 1. The van der Waals surface area contributed by atoms with Gasteiger partial charge in [-0.25, -0.2) is 0 Å². The van der Waals surface area contributed by atoms with Crippen LogP contribution in [0.4, 0.5) is 0 Å². The Morgan fingerprint density at radius 1 is 1.13 bits per heavy atom. The van der Waals surface area contributed by atoms with Crippen molar-refractivity contribution in [3.63, 3.8) is 0 Å². The maximum atomic E-state index is 12.6. The number of nitrogens with one attached hydrogen (secondary N) is 1. The monoisotopic (exact) mass is 308 g/mol. The highest BCUT2D eigenvalue weighted by molar-refractivity contribution is 5.99. The molecule has 1 heterocycles. The summed E-state index contributed by atoms with van der Waals surface area (Å²) in [6, 6.07) is 17.6. The molecule has 0 spiro atoms. The van der Waals surface area contributed by atoms with Crippen LogP contribution >= 0.6 is 0 Å². The van der Waals surface area contributed by atoms with Gasteiger partial charge < -0.3 is 14.6 Å². The maximum absolute atomic E-state index is 12.6. The topological polar surface area (TPSA) is 43.3 Å². The number of ether oxygens (including phenoxy) is 1. The first-order valence-electron chi connectivity index (χ1n) is 7.59. The fourth-order valence-corrected chi connectivity index (χ4v) is 2.77. The third-order valence-corrected chi connectivity index (χ3v) is 4.13. The summed E-state index contributed by atoms with van der Waals surface area (Å²) in [5.74, 6) is 0.701. The lowest BCUT2D eigenvalue weighted by Gasteiger charge is -2.14. The summed E-state index contributed by atoms with van der Waals surface area (Å²) in [4.78, 5) is 12.6. The van der Waals surface area contributed by atoms with Gasteiger partial charge in [0.1, 0.15) is 11.4 Å². The zero-order valence-corrected chi connectivity index (χ0v) is 13.5. The molecular formula is C19H20N2O2. The SMILES string of the molecule is COc1ccc2c(c1)cc(C(=O)N[C@@H](C)c1ccccc1)n2C. The van der Waals surface area contributed by atoms with E-state index in [1.165, 1.54) is 0 Å². The number of benzene rings is 2. The van der Waals surface area contributed by atoms with Crippen LogP contribution in [0, 0.1) is 0 Å². The number of methoxy groups -OCH3 is 1. The average Bonchev–Trinajstić information content (AvgIpc) is 2.92. The Morgan fingerprint density at radius 2 is 1.87 bits per heavy atom. The van der Waals surface area contributed by atoms with Crippen LogP contribution in [-0.4, -0.2) is 17.6 Å². The Labute approximate surface area is 135 Å². The number of fused-ring (bicyclic) bond motifs is 1. The van der Waals surface area contributed by atoms with Gasteiger partial charge in [0, 0.05) is 18.0 Å². The molecule has 2 aromatic carbocycles. The van der Waals surface area contributed by atoms with E-state index in [9.17, 15) is 4.79 Å². The first-order chi connectivity index (χ1) is 11.1. The second-order valence-corrected chi connectivity index (χ2v) is 5.62. The van der Waals surface area contributed by atoms with Gasteiger partial charge in [-0.15, -0.1) is 0 Å². The average molecular weight is 308 g/mol. The molecule has 0 unspecified atom stereocenters. The smallest absolute Gasteiger partial charge is 0.268 e. The van der Waals surface area contributed by atoms with Crippen molar-refractivity contribution in [2.75, 3.05) is 7.11 Å². The highest BCUT2D eigenvalue weighted by Crippen LogP contribution is 2.24. The number of carbonyl (C=O) groups excluding carboxylic acids is 1. The first-order valence-corrected chi connectivity index (χ1v) is 7.59. The van der Waals surface area contributed by atoms with E-state index in [1.807, 2.05) is 73.1 Å². The lowest BCUT2D eigenvalue weighted by Crippen LogP contribution is -2.28.